The van der Waals surface area contributed by atoms with Crippen molar-refractivity contribution in [3.05, 3.63) is 59.7 Å². The molecule has 0 radical (unpaired) electrons. The van der Waals surface area contributed by atoms with Crippen LogP contribution in [-0.4, -0.2) is 26.8 Å². The SMILES string of the molecule is CCC(C)c1ccccc1N1CC(C(=O)NCc2ccc(S(N)(=O)=O)cc2)CC1=O. The van der Waals surface area contributed by atoms with Crippen LogP contribution < -0.4 is 15.4 Å². The second-order valence-electron chi connectivity index (χ2n) is 7.68. The number of nitrogens with one attached hydrogen (secondary N) is 1. The van der Waals surface area contributed by atoms with Gasteiger partial charge in [-0.1, -0.05) is 44.2 Å². The summed E-state index contributed by atoms with van der Waals surface area (Å²) in [7, 11) is -3.74. The number of amides is 2. The summed E-state index contributed by atoms with van der Waals surface area (Å²) in [4.78, 5) is 27.0. The molecule has 160 valence electrons. The summed E-state index contributed by atoms with van der Waals surface area (Å²) in [5.41, 5.74) is 2.74. The highest BCUT2D eigenvalue weighted by molar-refractivity contribution is 7.89. The molecule has 0 aliphatic carbocycles. The monoisotopic (exact) mass is 429 g/mol. The molecule has 8 heteroatoms. The topological polar surface area (TPSA) is 110 Å². The molecule has 2 unspecified atom stereocenters. The van der Waals surface area contributed by atoms with E-state index in [1.807, 2.05) is 24.3 Å². The summed E-state index contributed by atoms with van der Waals surface area (Å²) >= 11 is 0. The zero-order chi connectivity index (χ0) is 21.9. The normalized spacial score (nSPS) is 17.8. The van der Waals surface area contributed by atoms with E-state index < -0.39 is 15.9 Å². The maximum absolute atomic E-state index is 12.6. The van der Waals surface area contributed by atoms with E-state index >= 15 is 0 Å². The van der Waals surface area contributed by atoms with E-state index in [2.05, 4.69) is 19.2 Å². The van der Waals surface area contributed by atoms with Crippen molar-refractivity contribution in [1.29, 1.82) is 0 Å². The number of primary sulfonamides is 1. The fourth-order valence-electron chi connectivity index (χ4n) is 3.62. The molecule has 0 spiro atoms. The van der Waals surface area contributed by atoms with Gasteiger partial charge in [-0.2, -0.15) is 0 Å². The van der Waals surface area contributed by atoms with Gasteiger partial charge < -0.3 is 10.2 Å². The first kappa shape index (κ1) is 22.0. The average molecular weight is 430 g/mol. The predicted molar refractivity (Wildman–Crippen MR) is 115 cm³/mol. The molecule has 3 rings (SSSR count). The lowest BCUT2D eigenvalue weighted by Crippen LogP contribution is -2.33. The van der Waals surface area contributed by atoms with E-state index in [1.54, 1.807) is 17.0 Å². The number of hydrogen-bond donors (Lipinski definition) is 2. The van der Waals surface area contributed by atoms with Crippen LogP contribution in [0.2, 0.25) is 0 Å². The number of nitrogens with zero attached hydrogens (tertiary/aromatic N) is 1. The molecule has 7 nitrogen and oxygen atoms in total. The third kappa shape index (κ3) is 4.88. The highest BCUT2D eigenvalue weighted by Crippen LogP contribution is 2.33. The minimum atomic E-state index is -3.74. The molecule has 1 saturated heterocycles. The standard InChI is InChI=1S/C22H27N3O4S/c1-3-15(2)19-6-4-5-7-20(19)25-14-17(12-21(25)26)22(27)24-13-16-8-10-18(11-9-16)30(23,28)29/h4-11,15,17H,3,12-14H2,1-2H3,(H,24,27)(H2,23,28,29). The molecule has 2 atom stereocenters. The molecule has 2 amide bonds. The Kier molecular flexibility index (Phi) is 6.58. The Hall–Kier alpha value is -2.71. The van der Waals surface area contributed by atoms with Crippen LogP contribution in [0.4, 0.5) is 5.69 Å². The zero-order valence-electron chi connectivity index (χ0n) is 17.2. The number of hydrogen-bond acceptors (Lipinski definition) is 4. The van der Waals surface area contributed by atoms with Crippen LogP contribution in [0.25, 0.3) is 0 Å². The average Bonchev–Trinajstić information content (AvgIpc) is 3.12. The number of carbonyl (C=O) groups is 2. The highest BCUT2D eigenvalue weighted by atomic mass is 32.2. The maximum atomic E-state index is 12.6. The van der Waals surface area contributed by atoms with Crippen LogP contribution in [0.15, 0.2) is 53.4 Å². The van der Waals surface area contributed by atoms with E-state index in [0.29, 0.717) is 12.5 Å². The minimum Gasteiger partial charge on any atom is -0.352 e. The van der Waals surface area contributed by atoms with Crippen molar-refractivity contribution in [2.24, 2.45) is 11.1 Å². The molecule has 1 aliphatic rings. The lowest BCUT2D eigenvalue weighted by molar-refractivity contribution is -0.126. The van der Waals surface area contributed by atoms with Gasteiger partial charge in [0, 0.05) is 25.2 Å². The lowest BCUT2D eigenvalue weighted by Gasteiger charge is -2.23. The van der Waals surface area contributed by atoms with Crippen LogP contribution in [0.1, 0.15) is 43.7 Å². The van der Waals surface area contributed by atoms with Gasteiger partial charge in [0.15, 0.2) is 0 Å². The molecule has 0 saturated carbocycles. The van der Waals surface area contributed by atoms with Gasteiger partial charge in [0.05, 0.1) is 10.8 Å². The van der Waals surface area contributed by atoms with Crippen molar-refractivity contribution < 1.29 is 18.0 Å². The van der Waals surface area contributed by atoms with Crippen molar-refractivity contribution in [3.8, 4) is 0 Å². The third-order valence-electron chi connectivity index (χ3n) is 5.59. The van der Waals surface area contributed by atoms with Crippen molar-refractivity contribution in [1.82, 2.24) is 5.32 Å². The lowest BCUT2D eigenvalue weighted by atomic mass is 9.96. The Morgan fingerprint density at radius 2 is 1.87 bits per heavy atom. The number of carbonyl (C=O) groups excluding carboxylic acids is 2. The first-order chi connectivity index (χ1) is 14.2. The summed E-state index contributed by atoms with van der Waals surface area (Å²) in [6.07, 6.45) is 1.14. The van der Waals surface area contributed by atoms with Crippen LogP contribution in [0.3, 0.4) is 0 Å². The number of sulfonamides is 1. The summed E-state index contributed by atoms with van der Waals surface area (Å²) in [6.45, 7) is 4.84. The molecule has 2 aromatic carbocycles. The highest BCUT2D eigenvalue weighted by Gasteiger charge is 2.36. The second-order valence-corrected chi connectivity index (χ2v) is 9.24. The molecule has 0 bridgehead atoms. The van der Waals surface area contributed by atoms with Gasteiger partial charge in [-0.25, -0.2) is 13.6 Å². The first-order valence-corrected chi connectivity index (χ1v) is 11.5. The number of para-hydroxylation sites is 1. The predicted octanol–water partition coefficient (Wildman–Crippen LogP) is 2.52. The second kappa shape index (κ2) is 8.97. The molecular formula is C22H27N3O4S. The Morgan fingerprint density at radius 3 is 2.50 bits per heavy atom. The molecule has 1 heterocycles. The van der Waals surface area contributed by atoms with Gasteiger partial charge in [-0.3, -0.25) is 9.59 Å². The fraction of sp³-hybridized carbons (Fsp3) is 0.364. The first-order valence-electron chi connectivity index (χ1n) is 9.99. The van der Waals surface area contributed by atoms with Gasteiger partial charge in [-0.15, -0.1) is 0 Å². The van der Waals surface area contributed by atoms with Crippen molar-refractivity contribution in [3.63, 3.8) is 0 Å². The molecule has 3 N–H and O–H groups in total. The van der Waals surface area contributed by atoms with Crippen LogP contribution in [0.5, 0.6) is 0 Å². The zero-order valence-corrected chi connectivity index (χ0v) is 18.0. The maximum Gasteiger partial charge on any atom is 0.238 e. The summed E-state index contributed by atoms with van der Waals surface area (Å²) in [5.74, 6) is -0.348. The molecule has 30 heavy (non-hydrogen) atoms. The number of anilines is 1. The Morgan fingerprint density at radius 1 is 1.20 bits per heavy atom. The molecule has 0 aromatic heterocycles. The number of nitrogens with two attached hydrogens (primary N) is 1. The minimum absolute atomic E-state index is 0.0228. The summed E-state index contributed by atoms with van der Waals surface area (Å²) in [6, 6.07) is 13.9. The molecule has 2 aromatic rings. The van der Waals surface area contributed by atoms with Gasteiger partial charge in [0.25, 0.3) is 0 Å². The van der Waals surface area contributed by atoms with E-state index in [0.717, 1.165) is 23.2 Å². The smallest absolute Gasteiger partial charge is 0.238 e. The molecular weight excluding hydrogens is 402 g/mol. The van der Waals surface area contributed by atoms with Gasteiger partial charge in [0.1, 0.15) is 0 Å². The van der Waals surface area contributed by atoms with Crippen LogP contribution >= 0.6 is 0 Å². The van der Waals surface area contributed by atoms with Crippen LogP contribution in [-0.2, 0) is 26.2 Å². The van der Waals surface area contributed by atoms with Crippen molar-refractivity contribution >= 4 is 27.5 Å². The van der Waals surface area contributed by atoms with Gasteiger partial charge >= 0.3 is 0 Å². The van der Waals surface area contributed by atoms with E-state index in [4.69, 9.17) is 5.14 Å². The van der Waals surface area contributed by atoms with Crippen molar-refractivity contribution in [2.45, 2.75) is 44.0 Å². The molecule has 1 aliphatic heterocycles. The Balaban J connectivity index is 1.65. The van der Waals surface area contributed by atoms with E-state index in [-0.39, 0.29) is 29.7 Å². The fourth-order valence-corrected chi connectivity index (χ4v) is 4.13. The largest absolute Gasteiger partial charge is 0.352 e. The number of benzene rings is 2. The summed E-state index contributed by atoms with van der Waals surface area (Å²) in [5, 5.41) is 7.93. The van der Waals surface area contributed by atoms with Crippen LogP contribution in [0, 0.1) is 5.92 Å². The quantitative estimate of drug-likeness (QED) is 0.705. The van der Waals surface area contributed by atoms with Gasteiger partial charge in [0.2, 0.25) is 21.8 Å². The Bertz CT molecular complexity index is 1030. The van der Waals surface area contributed by atoms with Crippen molar-refractivity contribution in [2.75, 3.05) is 11.4 Å². The summed E-state index contributed by atoms with van der Waals surface area (Å²) < 4.78 is 22.6. The van der Waals surface area contributed by atoms with E-state index in [1.165, 1.54) is 12.1 Å². The number of rotatable bonds is 7. The molecule has 1 fully saturated rings. The van der Waals surface area contributed by atoms with Gasteiger partial charge in [-0.05, 0) is 41.7 Å². The Labute approximate surface area is 177 Å². The van der Waals surface area contributed by atoms with E-state index in [9.17, 15) is 18.0 Å². The third-order valence-corrected chi connectivity index (χ3v) is 6.51.